The Balaban J connectivity index is 1.13. The molecule has 5 heterocycles. The molecule has 1 N–H and O–H groups in total. The van der Waals surface area contributed by atoms with Crippen molar-refractivity contribution in [3.63, 3.8) is 0 Å². The summed E-state index contributed by atoms with van der Waals surface area (Å²) in [6.45, 7) is 7.56. The van der Waals surface area contributed by atoms with Gasteiger partial charge in [0.15, 0.2) is 11.5 Å². The quantitative estimate of drug-likeness (QED) is 0.184. The summed E-state index contributed by atoms with van der Waals surface area (Å²) in [6, 6.07) is 29.1. The molecule has 0 unspecified atom stereocenters. The Kier molecular flexibility index (Phi) is 9.53. The Labute approximate surface area is 321 Å². The minimum absolute atomic E-state index is 0.0298. The number of carbonyl (C=O) groups is 2. The monoisotopic (exact) mass is 738 g/mol. The van der Waals surface area contributed by atoms with Crippen LogP contribution < -0.4 is 14.4 Å². The lowest BCUT2D eigenvalue weighted by Gasteiger charge is -2.40. The number of phenolic OH excluding ortho intramolecular Hbond substituents is 1. The minimum atomic E-state index is -0.130. The van der Waals surface area contributed by atoms with E-state index in [1.54, 1.807) is 29.2 Å². The topological polar surface area (TPSA) is 96.7 Å². The molecule has 1 fully saturated rings. The third-order valence-electron chi connectivity index (χ3n) is 11.6. The van der Waals surface area contributed by atoms with Crippen LogP contribution in [0.15, 0.2) is 91.0 Å². The van der Waals surface area contributed by atoms with Crippen molar-refractivity contribution in [1.29, 1.82) is 0 Å². The summed E-state index contributed by atoms with van der Waals surface area (Å²) in [5.74, 6) is 1.08. The molecule has 10 heteroatoms. The van der Waals surface area contributed by atoms with E-state index in [0.29, 0.717) is 54.6 Å². The number of amides is 2. The fraction of sp³-hybridized carbons (Fsp3) is 0.333. The van der Waals surface area contributed by atoms with Crippen molar-refractivity contribution in [2.24, 2.45) is 0 Å². The van der Waals surface area contributed by atoms with Crippen LogP contribution in [0.4, 0.5) is 5.69 Å². The van der Waals surface area contributed by atoms with Gasteiger partial charge in [-0.15, -0.1) is 0 Å². The van der Waals surface area contributed by atoms with Gasteiger partial charge in [-0.1, -0.05) is 54.1 Å². The molecule has 1 saturated heterocycles. The van der Waals surface area contributed by atoms with Crippen molar-refractivity contribution < 1.29 is 28.9 Å². The summed E-state index contributed by atoms with van der Waals surface area (Å²) >= 11 is 0. The fourth-order valence-electron chi connectivity index (χ4n) is 8.57. The second-order valence-corrected chi connectivity index (χ2v) is 15.1. The largest absolute Gasteiger partial charge is 0.508 e. The van der Waals surface area contributed by atoms with Crippen LogP contribution in [0.1, 0.15) is 61.5 Å². The Bertz CT molecular complexity index is 2220. The molecular formula is C45H46N4O6. The second kappa shape index (κ2) is 14.9. The number of benzene rings is 4. The number of fused-ring (bicyclic) bond motifs is 3. The van der Waals surface area contributed by atoms with Gasteiger partial charge in [0.25, 0.3) is 11.8 Å². The molecule has 0 bridgehead atoms. The van der Waals surface area contributed by atoms with E-state index in [1.165, 1.54) is 5.56 Å². The summed E-state index contributed by atoms with van der Waals surface area (Å²) in [5, 5.41) is 10.1. The molecule has 4 aliphatic heterocycles. The molecule has 1 aromatic heterocycles. The maximum Gasteiger partial charge on any atom is 0.260 e. The van der Waals surface area contributed by atoms with Crippen LogP contribution in [0.25, 0.3) is 11.3 Å². The third kappa shape index (κ3) is 6.96. The molecule has 1 atom stereocenters. The smallest absolute Gasteiger partial charge is 0.260 e. The Hall–Kier alpha value is -5.58. The zero-order valence-corrected chi connectivity index (χ0v) is 31.2. The van der Waals surface area contributed by atoms with E-state index in [-0.39, 0.29) is 30.4 Å². The molecule has 0 saturated carbocycles. The number of morpholine rings is 1. The van der Waals surface area contributed by atoms with Gasteiger partial charge in [-0.05, 0) is 91.8 Å². The molecule has 4 aliphatic rings. The first-order valence-electron chi connectivity index (χ1n) is 19.4. The predicted octanol–water partition coefficient (Wildman–Crippen LogP) is 6.98. The normalized spacial score (nSPS) is 17.8. The van der Waals surface area contributed by atoms with Crippen molar-refractivity contribution in [2.75, 3.05) is 44.5 Å². The van der Waals surface area contributed by atoms with Crippen molar-refractivity contribution in [1.82, 2.24) is 14.4 Å². The number of rotatable bonds is 8. The zero-order valence-electron chi connectivity index (χ0n) is 31.2. The second-order valence-electron chi connectivity index (χ2n) is 15.1. The summed E-state index contributed by atoms with van der Waals surface area (Å²) in [5.41, 5.74) is 8.95. The van der Waals surface area contributed by atoms with E-state index in [2.05, 4.69) is 39.8 Å². The maximum atomic E-state index is 15.2. The number of phenols is 1. The number of aromatic nitrogens is 1. The van der Waals surface area contributed by atoms with Gasteiger partial charge in [0, 0.05) is 61.4 Å². The Morgan fingerprint density at radius 2 is 1.58 bits per heavy atom. The number of nitrogens with zero attached hydrogens (tertiary/aromatic N) is 4. The molecule has 0 spiro atoms. The van der Waals surface area contributed by atoms with Crippen molar-refractivity contribution in [3.8, 4) is 28.5 Å². The number of carbonyl (C=O) groups excluding carboxylic acids is 2. The van der Waals surface area contributed by atoms with Gasteiger partial charge in [-0.25, -0.2) is 0 Å². The van der Waals surface area contributed by atoms with Gasteiger partial charge < -0.3 is 33.7 Å². The first-order valence-corrected chi connectivity index (χ1v) is 19.4. The lowest BCUT2D eigenvalue weighted by atomic mass is 9.92. The highest BCUT2D eigenvalue weighted by Gasteiger charge is 2.36. The van der Waals surface area contributed by atoms with Crippen LogP contribution in [-0.4, -0.2) is 77.0 Å². The van der Waals surface area contributed by atoms with Crippen molar-refractivity contribution >= 4 is 17.5 Å². The fourth-order valence-corrected chi connectivity index (χ4v) is 8.57. The van der Waals surface area contributed by atoms with E-state index in [9.17, 15) is 9.90 Å². The molecule has 4 aromatic carbocycles. The van der Waals surface area contributed by atoms with Crippen LogP contribution >= 0.6 is 0 Å². The third-order valence-corrected chi connectivity index (χ3v) is 11.6. The molecule has 282 valence electrons. The number of aryl methyl sites for hydroxylation is 1. The van der Waals surface area contributed by atoms with Gasteiger partial charge in [0.2, 0.25) is 6.79 Å². The zero-order chi connectivity index (χ0) is 37.5. The van der Waals surface area contributed by atoms with E-state index in [4.69, 9.17) is 14.2 Å². The number of hydrogen-bond donors (Lipinski definition) is 1. The molecule has 5 aromatic rings. The molecule has 55 heavy (non-hydrogen) atoms. The number of anilines is 1. The molecule has 2 amide bonds. The summed E-state index contributed by atoms with van der Waals surface area (Å²) < 4.78 is 19.7. The van der Waals surface area contributed by atoms with Crippen LogP contribution in [0.5, 0.6) is 17.2 Å². The van der Waals surface area contributed by atoms with Crippen LogP contribution in [0, 0.1) is 6.92 Å². The molecule has 9 rings (SSSR count). The highest BCUT2D eigenvalue weighted by molar-refractivity contribution is 6.09. The molecule has 0 aliphatic carbocycles. The molecule has 0 radical (unpaired) electrons. The van der Waals surface area contributed by atoms with E-state index >= 15 is 4.79 Å². The highest BCUT2D eigenvalue weighted by atomic mass is 16.7. The van der Waals surface area contributed by atoms with Crippen LogP contribution in [0.3, 0.4) is 0 Å². The van der Waals surface area contributed by atoms with Crippen LogP contribution in [-0.2, 0) is 37.2 Å². The Morgan fingerprint density at radius 1 is 0.836 bits per heavy atom. The summed E-state index contributed by atoms with van der Waals surface area (Å²) in [6.07, 6.45) is 3.44. The molecule has 10 nitrogen and oxygen atoms in total. The number of ether oxygens (including phenoxy) is 3. The number of aromatic hydroxyl groups is 1. The SMILES string of the molecule is Cc1ccc(CN(C(=O)c2cc(-c3cc4c(cc3C(=O)N3Cc5ccccc5C[C@H]3CN3CCOCC3)OCO4)n3c2CCCC3)c2ccc(O)cc2)cc1. The van der Waals surface area contributed by atoms with Crippen LogP contribution in [0.2, 0.25) is 0 Å². The highest BCUT2D eigenvalue weighted by Crippen LogP contribution is 2.42. The van der Waals surface area contributed by atoms with E-state index in [0.717, 1.165) is 85.5 Å². The summed E-state index contributed by atoms with van der Waals surface area (Å²) in [7, 11) is 0. The van der Waals surface area contributed by atoms with E-state index < -0.39 is 0 Å². The standard InChI is InChI=1S/C45H46N4O6/c1-30-9-11-31(12-10-30)26-48(34-13-15-36(50)16-14-34)45(52)39-23-41(47-17-5-4-8-40(39)47)37-24-42-43(55-29-54-42)25-38(37)44(51)49-27-33-7-3-2-6-32(33)22-35(49)28-46-18-20-53-21-19-46/h2-3,6-7,9-16,23-25,35,50H,4-5,8,17-22,26-29H2,1H3/t35-/m0/s1. The van der Waals surface area contributed by atoms with Gasteiger partial charge >= 0.3 is 0 Å². The number of hydrogen-bond acceptors (Lipinski definition) is 7. The maximum absolute atomic E-state index is 15.2. The lowest BCUT2D eigenvalue weighted by molar-refractivity contribution is 0.0193. The minimum Gasteiger partial charge on any atom is -0.508 e. The van der Waals surface area contributed by atoms with Crippen molar-refractivity contribution in [3.05, 3.63) is 130 Å². The first kappa shape index (κ1) is 35.1. The van der Waals surface area contributed by atoms with Gasteiger partial charge in [0.1, 0.15) is 5.75 Å². The van der Waals surface area contributed by atoms with Crippen molar-refractivity contribution in [2.45, 2.75) is 58.3 Å². The first-order chi connectivity index (χ1) is 26.9. The average Bonchev–Trinajstić information content (AvgIpc) is 3.85. The Morgan fingerprint density at radius 3 is 2.36 bits per heavy atom. The van der Waals surface area contributed by atoms with E-state index in [1.807, 2.05) is 48.2 Å². The molecular weight excluding hydrogens is 693 g/mol. The lowest BCUT2D eigenvalue weighted by Crippen LogP contribution is -2.52. The van der Waals surface area contributed by atoms with Gasteiger partial charge in [0.05, 0.1) is 30.9 Å². The van der Waals surface area contributed by atoms with Gasteiger partial charge in [-0.2, -0.15) is 0 Å². The average molecular weight is 739 g/mol. The summed E-state index contributed by atoms with van der Waals surface area (Å²) in [4.78, 5) is 36.4. The predicted molar refractivity (Wildman–Crippen MR) is 210 cm³/mol. The van der Waals surface area contributed by atoms with Gasteiger partial charge in [-0.3, -0.25) is 14.5 Å².